The maximum absolute atomic E-state index is 12.5. The number of hydrogen-bond donors (Lipinski definition) is 1. The molecule has 1 amide bonds. The summed E-state index contributed by atoms with van der Waals surface area (Å²) in [4.78, 5) is 17.3. The number of rotatable bonds is 9. The van der Waals surface area contributed by atoms with Crippen molar-refractivity contribution in [1.29, 1.82) is 0 Å². The summed E-state index contributed by atoms with van der Waals surface area (Å²) in [7, 11) is 1.34. The number of carbonyl (C=O) groups excluding carboxylic acids is 1. The molecule has 0 spiro atoms. The highest BCUT2D eigenvalue weighted by Crippen LogP contribution is 2.31. The number of ether oxygens (including phenoxy) is 2. The van der Waals surface area contributed by atoms with Crippen LogP contribution in [0.5, 0.6) is 11.5 Å². The maximum atomic E-state index is 12.5. The summed E-state index contributed by atoms with van der Waals surface area (Å²) >= 11 is 1.51. The zero-order valence-electron chi connectivity index (χ0n) is 14.9. The second kappa shape index (κ2) is 9.27. The molecule has 0 saturated carbocycles. The lowest BCUT2D eigenvalue weighted by Gasteiger charge is -2.12. The lowest BCUT2D eigenvalue weighted by atomic mass is 10.2. The van der Waals surface area contributed by atoms with Gasteiger partial charge < -0.3 is 19.3 Å². The normalized spacial score (nSPS) is 10.9. The molecule has 10 heteroatoms. The Morgan fingerprint density at radius 2 is 2.18 bits per heavy atom. The topological polar surface area (TPSA) is 86.5 Å². The minimum absolute atomic E-state index is 0.149. The Hall–Kier alpha value is -3.01. The number of nitrogens with zero attached hydrogens (tertiary/aromatic N) is 2. The van der Waals surface area contributed by atoms with Gasteiger partial charge in [0.15, 0.2) is 11.5 Å². The molecule has 7 nitrogen and oxygen atoms in total. The molecule has 2 heterocycles. The minimum atomic E-state index is -2.99. The second-order valence-corrected chi connectivity index (χ2v) is 6.58. The number of aryl methyl sites for hydroxylation is 1. The Kier molecular flexibility index (Phi) is 6.53. The molecule has 3 rings (SSSR count). The number of nitrogens with one attached hydrogen (secondary N) is 1. The second-order valence-electron chi connectivity index (χ2n) is 5.63. The van der Waals surface area contributed by atoms with Crippen molar-refractivity contribution in [2.75, 3.05) is 12.4 Å². The van der Waals surface area contributed by atoms with Gasteiger partial charge in [0.2, 0.25) is 17.6 Å². The van der Waals surface area contributed by atoms with Gasteiger partial charge in [0.05, 0.1) is 12.0 Å². The van der Waals surface area contributed by atoms with Crippen LogP contribution in [0, 0.1) is 0 Å². The van der Waals surface area contributed by atoms with Crippen molar-refractivity contribution in [2.45, 2.75) is 25.9 Å². The monoisotopic (exact) mass is 409 g/mol. The molecular weight excluding hydrogens is 392 g/mol. The van der Waals surface area contributed by atoms with Gasteiger partial charge in [-0.2, -0.15) is 13.8 Å². The Bertz CT molecular complexity index is 915. The van der Waals surface area contributed by atoms with Crippen molar-refractivity contribution < 1.29 is 27.6 Å². The average Bonchev–Trinajstić information content (AvgIpc) is 3.33. The van der Waals surface area contributed by atoms with Crippen molar-refractivity contribution in [1.82, 2.24) is 10.1 Å². The van der Waals surface area contributed by atoms with Gasteiger partial charge in [-0.3, -0.25) is 4.79 Å². The first-order valence-electron chi connectivity index (χ1n) is 8.34. The van der Waals surface area contributed by atoms with Crippen LogP contribution in [0.2, 0.25) is 0 Å². The molecule has 0 radical (unpaired) electrons. The van der Waals surface area contributed by atoms with E-state index in [1.54, 1.807) is 6.07 Å². The molecule has 0 unspecified atom stereocenters. The number of anilines is 1. The number of alkyl halides is 2. The van der Waals surface area contributed by atoms with Crippen LogP contribution in [0.1, 0.15) is 18.7 Å². The van der Waals surface area contributed by atoms with Crippen LogP contribution >= 0.6 is 11.3 Å². The van der Waals surface area contributed by atoms with Crippen molar-refractivity contribution >= 4 is 22.9 Å². The van der Waals surface area contributed by atoms with Crippen LogP contribution in [-0.2, 0) is 11.2 Å². The van der Waals surface area contributed by atoms with Crippen molar-refractivity contribution in [3.8, 4) is 22.2 Å². The molecule has 0 fully saturated rings. The number of benzene rings is 1. The fraction of sp³-hybridized carbons (Fsp3) is 0.278. The molecule has 0 aliphatic rings. The molecule has 0 aliphatic heterocycles. The standard InChI is InChI=1S/C18H17F2N3O4S/c1-25-12-8-7-11(10-13(12)26-18(19)20)21-15(24)5-2-6-16-22-17(23-27-16)14-4-3-9-28-14/h3-4,7-10,18H,2,5-6H2,1H3,(H,21,24). The molecule has 0 atom stereocenters. The summed E-state index contributed by atoms with van der Waals surface area (Å²) in [5.41, 5.74) is 0.333. The summed E-state index contributed by atoms with van der Waals surface area (Å²) in [5, 5.41) is 8.47. The Morgan fingerprint density at radius 1 is 1.32 bits per heavy atom. The van der Waals surface area contributed by atoms with Gasteiger partial charge in [0.1, 0.15) is 0 Å². The van der Waals surface area contributed by atoms with Crippen LogP contribution in [0.25, 0.3) is 10.7 Å². The van der Waals surface area contributed by atoms with Crippen LogP contribution in [0.4, 0.5) is 14.5 Å². The number of halogens is 2. The summed E-state index contributed by atoms with van der Waals surface area (Å²) < 4.78 is 39.5. The Morgan fingerprint density at radius 3 is 2.89 bits per heavy atom. The number of amides is 1. The molecule has 148 valence electrons. The number of methoxy groups -OCH3 is 1. The number of thiophene rings is 1. The summed E-state index contributed by atoms with van der Waals surface area (Å²) in [5.74, 6) is 0.706. The first kappa shape index (κ1) is 19.7. The van der Waals surface area contributed by atoms with Crippen molar-refractivity contribution in [3.05, 3.63) is 41.6 Å². The quantitative estimate of drug-likeness (QED) is 0.565. The van der Waals surface area contributed by atoms with Gasteiger partial charge in [-0.25, -0.2) is 0 Å². The third-order valence-electron chi connectivity index (χ3n) is 3.67. The van der Waals surface area contributed by atoms with Crippen LogP contribution in [0.3, 0.4) is 0 Å². The average molecular weight is 409 g/mol. The van der Waals surface area contributed by atoms with E-state index in [4.69, 9.17) is 9.26 Å². The van der Waals surface area contributed by atoms with E-state index in [9.17, 15) is 13.6 Å². The molecule has 28 heavy (non-hydrogen) atoms. The highest BCUT2D eigenvalue weighted by atomic mass is 32.1. The minimum Gasteiger partial charge on any atom is -0.493 e. The zero-order chi connectivity index (χ0) is 19.9. The van der Waals surface area contributed by atoms with E-state index in [0.29, 0.717) is 30.2 Å². The Balaban J connectivity index is 1.50. The summed E-state index contributed by atoms with van der Waals surface area (Å²) in [6.45, 7) is -2.99. The van der Waals surface area contributed by atoms with E-state index in [1.165, 1.54) is 30.6 Å². The molecule has 1 N–H and O–H groups in total. The van der Waals surface area contributed by atoms with E-state index in [1.807, 2.05) is 17.5 Å². The molecule has 3 aromatic rings. The van der Waals surface area contributed by atoms with Gasteiger partial charge >= 0.3 is 6.61 Å². The molecule has 2 aromatic heterocycles. The highest BCUT2D eigenvalue weighted by molar-refractivity contribution is 7.13. The fourth-order valence-electron chi connectivity index (χ4n) is 2.43. The fourth-order valence-corrected chi connectivity index (χ4v) is 3.08. The van der Waals surface area contributed by atoms with Gasteiger partial charge in [0, 0.05) is 24.6 Å². The van der Waals surface area contributed by atoms with Gasteiger partial charge in [-0.05, 0) is 30.0 Å². The van der Waals surface area contributed by atoms with E-state index < -0.39 is 6.61 Å². The first-order chi connectivity index (χ1) is 13.5. The highest BCUT2D eigenvalue weighted by Gasteiger charge is 2.13. The third kappa shape index (κ3) is 5.26. The summed E-state index contributed by atoms with van der Waals surface area (Å²) in [6, 6.07) is 8.07. The first-order valence-corrected chi connectivity index (χ1v) is 9.22. The molecular formula is C18H17F2N3O4S. The zero-order valence-corrected chi connectivity index (χ0v) is 15.7. The smallest absolute Gasteiger partial charge is 0.387 e. The maximum Gasteiger partial charge on any atom is 0.387 e. The van der Waals surface area contributed by atoms with Crippen LogP contribution in [-0.4, -0.2) is 29.8 Å². The molecule has 0 saturated heterocycles. The van der Waals surface area contributed by atoms with Gasteiger partial charge in [-0.15, -0.1) is 11.3 Å². The molecule has 1 aromatic carbocycles. The Labute approximate surface area is 163 Å². The van der Waals surface area contributed by atoms with Gasteiger partial charge in [-0.1, -0.05) is 11.2 Å². The molecule has 0 aliphatic carbocycles. The molecule has 0 bridgehead atoms. The van der Waals surface area contributed by atoms with Crippen LogP contribution < -0.4 is 14.8 Å². The van der Waals surface area contributed by atoms with E-state index >= 15 is 0 Å². The van der Waals surface area contributed by atoms with Crippen LogP contribution in [0.15, 0.2) is 40.2 Å². The van der Waals surface area contributed by atoms with Gasteiger partial charge in [0.25, 0.3) is 0 Å². The number of hydrogen-bond acceptors (Lipinski definition) is 7. The van der Waals surface area contributed by atoms with Crippen molar-refractivity contribution in [3.63, 3.8) is 0 Å². The van der Waals surface area contributed by atoms with E-state index in [0.717, 1.165) is 4.88 Å². The predicted octanol–water partition coefficient (Wildman–Crippen LogP) is 4.37. The van der Waals surface area contributed by atoms with Crippen molar-refractivity contribution in [2.24, 2.45) is 0 Å². The third-order valence-corrected chi connectivity index (χ3v) is 4.53. The SMILES string of the molecule is COc1ccc(NC(=O)CCCc2nc(-c3cccs3)no2)cc1OC(F)F. The lowest BCUT2D eigenvalue weighted by Crippen LogP contribution is -2.12. The number of aromatic nitrogens is 2. The van der Waals surface area contributed by atoms with E-state index in [-0.39, 0.29) is 23.8 Å². The number of carbonyl (C=O) groups is 1. The largest absolute Gasteiger partial charge is 0.493 e. The summed E-state index contributed by atoms with van der Waals surface area (Å²) in [6.07, 6.45) is 1.15. The lowest BCUT2D eigenvalue weighted by molar-refractivity contribution is -0.116. The predicted molar refractivity (Wildman–Crippen MR) is 98.8 cm³/mol. The van der Waals surface area contributed by atoms with E-state index in [2.05, 4.69) is 20.2 Å².